The Hall–Kier alpha value is -16.1. The van der Waals surface area contributed by atoms with Crippen LogP contribution in [0, 0.1) is 0 Å². The van der Waals surface area contributed by atoms with Crippen molar-refractivity contribution >= 4 is 187 Å². The summed E-state index contributed by atoms with van der Waals surface area (Å²) in [6.07, 6.45) is 0. The van der Waals surface area contributed by atoms with Gasteiger partial charge in [0.05, 0.1) is 44.1 Å². The molecule has 612 valence electrons. The maximum atomic E-state index is 6.16. The summed E-state index contributed by atoms with van der Waals surface area (Å²) in [7, 11) is -12.8. The summed E-state index contributed by atoms with van der Waals surface area (Å²) >= 11 is 0. The van der Waals surface area contributed by atoms with Gasteiger partial charge in [0, 0.05) is 32.8 Å². The molecule has 0 N–H and O–H groups in total. The number of aromatic nitrogens is 8. The number of fused-ring (bicyclic) bond motifs is 11. The minimum absolute atomic E-state index is 0.403. The van der Waals surface area contributed by atoms with Crippen molar-refractivity contribution < 1.29 is 0 Å². The fourth-order valence-electron chi connectivity index (χ4n) is 21.7. The smallest absolute Gasteiger partial charge is 0.242 e. The lowest BCUT2D eigenvalue weighted by atomic mass is 10.1. The summed E-state index contributed by atoms with van der Waals surface area (Å²) in [5.41, 5.74) is 9.50. The first kappa shape index (κ1) is 77.5. The average Bonchev–Trinajstić information content (AvgIpc) is 1.41. The van der Waals surface area contributed by atoms with Crippen molar-refractivity contribution in [2.75, 3.05) is 0 Å². The van der Waals surface area contributed by atoms with Gasteiger partial charge in [-0.1, -0.05) is 449 Å². The summed E-state index contributed by atoms with van der Waals surface area (Å²) in [5.74, 6) is 1.99. The lowest BCUT2D eigenvalue weighted by Gasteiger charge is -2.34. The van der Waals surface area contributed by atoms with Gasteiger partial charge in [-0.3, -0.25) is 8.97 Å². The van der Waals surface area contributed by atoms with E-state index in [2.05, 4.69) is 528 Å². The zero-order chi connectivity index (χ0) is 86.2. The second-order valence-corrected chi connectivity index (χ2v) is 49.1. The Labute approximate surface area is 757 Å². The van der Waals surface area contributed by atoms with Crippen LogP contribution in [0.2, 0.25) is 0 Å². The molecule has 0 saturated heterocycles. The molecule has 0 aliphatic heterocycles. The van der Waals surface area contributed by atoms with Gasteiger partial charge < -0.3 is 4.57 Å². The molecular weight excluding hydrogens is 1640 g/mol. The molecule has 24 aromatic rings. The van der Waals surface area contributed by atoms with Gasteiger partial charge in [-0.2, -0.15) is 15.0 Å². The molecule has 5 heterocycles. The molecule has 130 heavy (non-hydrogen) atoms. The number of rotatable bonds is 20. The van der Waals surface area contributed by atoms with Gasteiger partial charge >= 0.3 is 0 Å². The second-order valence-electron chi connectivity index (χ2n) is 33.9. The minimum Gasteiger partial charge on any atom is -0.309 e. The highest BCUT2D eigenvalue weighted by Crippen LogP contribution is 2.38. The molecule has 5 aromatic heterocycles. The van der Waals surface area contributed by atoms with Crippen LogP contribution in [0.1, 0.15) is 0 Å². The molecule has 0 radical (unpaired) electrons. The number of hydrogen-bond donors (Lipinski definition) is 0. The van der Waals surface area contributed by atoms with E-state index in [1.165, 1.54) is 93.8 Å². The molecule has 0 atom stereocenters. The van der Waals surface area contributed by atoms with Gasteiger partial charge in [0.15, 0.2) is 38.1 Å². The third-order valence-electron chi connectivity index (χ3n) is 27.2. The highest BCUT2D eigenvalue weighted by atomic mass is 28.3. The topological polar surface area (TPSA) is 70.8 Å². The normalized spacial score (nSPS) is 12.2. The van der Waals surface area contributed by atoms with Gasteiger partial charge in [0.2, 0.25) is 17.7 Å². The molecule has 12 heteroatoms. The predicted molar refractivity (Wildman–Crippen MR) is 551 cm³/mol. The summed E-state index contributed by atoms with van der Waals surface area (Å²) in [6, 6.07) is 190. The lowest BCUT2D eigenvalue weighted by molar-refractivity contribution is 0.884. The number of benzene rings is 19. The van der Waals surface area contributed by atoms with E-state index in [1.807, 2.05) is 0 Å². The van der Waals surface area contributed by atoms with E-state index in [0.717, 1.165) is 66.2 Å². The standard InChI is InChI=1S/C118H84N8Si4/c1-13-44-87(45-14-1)127(88-46-15-2-16-47-88,89-48-17-3-18-49-89)99-73-77-110-105(81-99)106-82-100(128(90-50-19-4-20-51-90,91-52-21-5-22-53-91)92-54-23-6-24-55-92)74-78-111(106)124(110)116-120-115(85-42-41-43-86(80-85)123-108-70-39-37-68-103(108)104-69-38-40-71-109(104)123)121-117(122-116)126-112-79-75-102(130(96-62-31-10-32-63-96,97-64-33-11-34-65-97)98-66-35-12-36-67-98)84-114(112)125-113-83-101(72-76-107(113)119-118(125)126)129(93-56-25-7-26-57-93,94-58-27-8-28-59-94)95-60-29-9-30-61-95/h1-84H. The van der Waals surface area contributed by atoms with E-state index in [9.17, 15) is 0 Å². The maximum absolute atomic E-state index is 6.16. The minimum atomic E-state index is -3.23. The SMILES string of the molecule is c1ccc([Si](c2ccccc2)(c2ccccc2)c2ccc3c(c2)c2cc([Si](c4ccccc4)(c4ccccc4)c4ccccc4)ccc2n3-c2nc(-c3cccc(-n4c5ccccc5c5ccccc54)c3)nc(-n3c4ccc([Si](c5ccccc5)(c5ccccc5)c5ccccc5)cc4n4c5cc([Si](c6ccccc6)(c6ccccc6)c6ccccc6)ccc5nc34)n2)cc1. The van der Waals surface area contributed by atoms with Gasteiger partial charge in [0.1, 0.15) is 0 Å². The molecule has 0 saturated carbocycles. The van der Waals surface area contributed by atoms with E-state index in [4.69, 9.17) is 19.9 Å². The summed E-state index contributed by atoms with van der Waals surface area (Å²) in [6.45, 7) is 0. The van der Waals surface area contributed by atoms with Crippen LogP contribution in [-0.2, 0) is 0 Å². The lowest BCUT2D eigenvalue weighted by Crippen LogP contribution is -2.74. The molecule has 24 rings (SSSR count). The number of imidazole rings is 2. The Morgan fingerprint density at radius 3 is 0.777 bits per heavy atom. The van der Waals surface area contributed by atoms with Crippen molar-refractivity contribution in [2.24, 2.45) is 0 Å². The molecule has 0 bridgehead atoms. The van der Waals surface area contributed by atoms with Crippen LogP contribution >= 0.6 is 0 Å². The van der Waals surface area contributed by atoms with E-state index in [-0.39, 0.29) is 0 Å². The zero-order valence-corrected chi connectivity index (χ0v) is 75.1. The van der Waals surface area contributed by atoms with E-state index in [1.54, 1.807) is 0 Å². The molecule has 8 nitrogen and oxygen atoms in total. The van der Waals surface area contributed by atoms with Crippen molar-refractivity contribution in [3.63, 3.8) is 0 Å². The van der Waals surface area contributed by atoms with Crippen molar-refractivity contribution in [1.29, 1.82) is 0 Å². The number of para-hydroxylation sites is 2. The van der Waals surface area contributed by atoms with Crippen LogP contribution < -0.4 is 83.0 Å². The number of hydrogen-bond acceptors (Lipinski definition) is 4. The van der Waals surface area contributed by atoms with E-state index >= 15 is 0 Å². The molecule has 0 spiro atoms. The fraction of sp³-hybridized carbons (Fsp3) is 0. The van der Waals surface area contributed by atoms with Gasteiger partial charge in [-0.25, -0.2) is 9.55 Å². The molecule has 0 amide bonds. The quantitative estimate of drug-likeness (QED) is 0.0563. The van der Waals surface area contributed by atoms with Crippen LogP contribution in [0.4, 0.5) is 0 Å². The summed E-state index contributed by atoms with van der Waals surface area (Å²) in [5, 5.41) is 24.8. The Bertz CT molecular complexity index is 7700. The highest BCUT2D eigenvalue weighted by molar-refractivity contribution is 7.22. The molecular formula is C118H84N8Si4. The van der Waals surface area contributed by atoms with E-state index < -0.39 is 32.3 Å². The molecule has 0 aliphatic rings. The third kappa shape index (κ3) is 12.2. The molecule has 19 aromatic carbocycles. The molecule has 0 unspecified atom stereocenters. The number of nitrogens with zero attached hydrogens (tertiary/aromatic N) is 8. The second kappa shape index (κ2) is 32.1. The fourth-order valence-corrected chi connectivity index (χ4v) is 40.8. The molecule has 0 aliphatic carbocycles. The largest absolute Gasteiger partial charge is 0.309 e. The van der Waals surface area contributed by atoms with Crippen LogP contribution in [0.3, 0.4) is 0 Å². The Kier molecular flexibility index (Phi) is 19.1. The maximum Gasteiger partial charge on any atom is 0.242 e. The van der Waals surface area contributed by atoms with Gasteiger partial charge in [-0.05, 0) is 144 Å². The average molecular weight is 1730 g/mol. The first-order valence-electron chi connectivity index (χ1n) is 44.6. The van der Waals surface area contributed by atoms with Crippen molar-refractivity contribution in [3.05, 3.63) is 510 Å². The summed E-state index contributed by atoms with van der Waals surface area (Å²) < 4.78 is 9.39. The first-order valence-corrected chi connectivity index (χ1v) is 52.6. The van der Waals surface area contributed by atoms with Crippen LogP contribution in [-0.4, -0.2) is 70.3 Å². The van der Waals surface area contributed by atoms with Crippen molar-refractivity contribution in [3.8, 4) is 29.0 Å². The van der Waals surface area contributed by atoms with Gasteiger partial charge in [0.25, 0.3) is 0 Å². The van der Waals surface area contributed by atoms with Crippen LogP contribution in [0.5, 0.6) is 0 Å². The van der Waals surface area contributed by atoms with Crippen molar-refractivity contribution in [1.82, 2.24) is 38.0 Å². The molecule has 0 fully saturated rings. The Morgan fingerprint density at radius 2 is 0.438 bits per heavy atom. The highest BCUT2D eigenvalue weighted by Gasteiger charge is 2.47. The summed E-state index contributed by atoms with van der Waals surface area (Å²) in [4.78, 5) is 24.2. The zero-order valence-electron chi connectivity index (χ0n) is 71.1. The van der Waals surface area contributed by atoms with Crippen LogP contribution in [0.25, 0.3) is 100 Å². The van der Waals surface area contributed by atoms with E-state index in [0.29, 0.717) is 23.5 Å². The van der Waals surface area contributed by atoms with Crippen LogP contribution in [0.15, 0.2) is 510 Å². The Balaban J connectivity index is 0.840. The monoisotopic (exact) mass is 1720 g/mol. The van der Waals surface area contributed by atoms with Gasteiger partial charge in [-0.15, -0.1) is 0 Å². The van der Waals surface area contributed by atoms with Crippen molar-refractivity contribution in [2.45, 2.75) is 0 Å². The Morgan fingerprint density at radius 1 is 0.162 bits per heavy atom. The first-order chi connectivity index (χ1) is 64.5. The predicted octanol–water partition coefficient (Wildman–Crippen LogP) is 16.0. The third-order valence-corrected chi connectivity index (χ3v) is 46.3.